The number of amides is 2. The van der Waals surface area contributed by atoms with Crippen molar-refractivity contribution in [1.29, 1.82) is 0 Å². The van der Waals surface area contributed by atoms with E-state index in [1.807, 2.05) is 37.8 Å². The fourth-order valence-electron chi connectivity index (χ4n) is 4.59. The maximum Gasteiger partial charge on any atom is 0.340 e. The van der Waals surface area contributed by atoms with E-state index in [1.165, 1.54) is 11.4 Å². The predicted octanol–water partition coefficient (Wildman–Crippen LogP) is 4.23. The highest BCUT2D eigenvalue weighted by Gasteiger charge is 2.37. The number of hydrogen-bond acceptors (Lipinski definition) is 5. The predicted molar refractivity (Wildman–Crippen MR) is 131 cm³/mol. The topological polar surface area (TPSA) is 62.3 Å². The summed E-state index contributed by atoms with van der Waals surface area (Å²) in [6, 6.07) is 12.6. The molecule has 2 fully saturated rings. The number of benzene rings is 2. The maximum atomic E-state index is 12.9. The van der Waals surface area contributed by atoms with Crippen molar-refractivity contribution in [1.82, 2.24) is 10.4 Å². The van der Waals surface area contributed by atoms with Crippen molar-refractivity contribution in [2.24, 2.45) is 0 Å². The zero-order chi connectivity index (χ0) is 23.0. The summed E-state index contributed by atoms with van der Waals surface area (Å²) in [6.07, 6.45) is 0.844. The van der Waals surface area contributed by atoms with Crippen LogP contribution in [0.15, 0.2) is 36.4 Å². The summed E-state index contributed by atoms with van der Waals surface area (Å²) in [6.45, 7) is 13.8. The molecule has 0 aromatic heterocycles. The van der Waals surface area contributed by atoms with Gasteiger partial charge in [0, 0.05) is 49.3 Å². The molecule has 2 saturated heterocycles. The highest BCUT2D eigenvalue weighted by Crippen LogP contribution is 2.30. The molecule has 2 heterocycles. The Morgan fingerprint density at radius 3 is 2.00 bits per heavy atom. The number of phenols is 1. The van der Waals surface area contributed by atoms with E-state index >= 15 is 0 Å². The van der Waals surface area contributed by atoms with Crippen LogP contribution in [0.1, 0.15) is 38.3 Å². The molecule has 0 bridgehead atoms. The second-order valence-electron chi connectivity index (χ2n) is 9.00. The van der Waals surface area contributed by atoms with Gasteiger partial charge in [0.25, 0.3) is 0 Å². The van der Waals surface area contributed by atoms with E-state index in [0.29, 0.717) is 5.75 Å². The molecule has 0 spiro atoms. The number of aryl methyl sites for hydroxylation is 2. The first-order valence-corrected chi connectivity index (χ1v) is 11.6. The number of aromatic hydroxyl groups is 1. The Kier molecular flexibility index (Phi) is 6.20. The Morgan fingerprint density at radius 2 is 1.47 bits per heavy atom. The lowest BCUT2D eigenvalue weighted by Gasteiger charge is -2.37. The van der Waals surface area contributed by atoms with E-state index in [1.54, 1.807) is 5.01 Å². The molecule has 7 nitrogen and oxygen atoms in total. The molecule has 2 unspecified atom stereocenters. The second kappa shape index (κ2) is 8.90. The molecular weight excluding hydrogens is 402 g/mol. The van der Waals surface area contributed by atoms with Crippen LogP contribution in [0.4, 0.5) is 21.9 Å². The lowest BCUT2D eigenvalue weighted by molar-refractivity contribution is 0.170. The van der Waals surface area contributed by atoms with Crippen molar-refractivity contribution in [3.63, 3.8) is 0 Å². The van der Waals surface area contributed by atoms with Crippen molar-refractivity contribution < 1.29 is 9.90 Å². The van der Waals surface area contributed by atoms with Gasteiger partial charge in [-0.25, -0.2) is 10.2 Å². The maximum absolute atomic E-state index is 12.9. The van der Waals surface area contributed by atoms with Crippen molar-refractivity contribution in [3.05, 3.63) is 47.5 Å². The first kappa shape index (κ1) is 22.3. The fraction of sp³-hybridized carbons (Fsp3) is 0.480. The molecular formula is C25H35N5O2. The minimum absolute atomic E-state index is 0.00713. The molecule has 2 aliphatic rings. The Balaban J connectivity index is 1.41. The molecule has 2 amide bonds. The highest BCUT2D eigenvalue weighted by atomic mass is 16.3. The van der Waals surface area contributed by atoms with Gasteiger partial charge in [0.05, 0.1) is 0 Å². The van der Waals surface area contributed by atoms with Crippen LogP contribution in [0.25, 0.3) is 0 Å². The molecule has 2 aromatic carbocycles. The summed E-state index contributed by atoms with van der Waals surface area (Å²) in [7, 11) is 0. The lowest BCUT2D eigenvalue weighted by atomic mass is 10.1. The van der Waals surface area contributed by atoms with E-state index < -0.39 is 0 Å². The SMILES string of the molecule is CCC(C)N1NC(C)N(c2ccc(N3CCN(c4cc(C)c(O)c(C)c4)CC3)cc2)C1=O. The molecule has 2 N–H and O–H groups in total. The van der Waals surface area contributed by atoms with E-state index in [-0.39, 0.29) is 18.2 Å². The van der Waals surface area contributed by atoms with Gasteiger partial charge in [0.1, 0.15) is 11.9 Å². The summed E-state index contributed by atoms with van der Waals surface area (Å²) in [5, 5.41) is 11.8. The van der Waals surface area contributed by atoms with Gasteiger partial charge < -0.3 is 14.9 Å². The average Bonchev–Trinajstić information content (AvgIpc) is 3.10. The number of carbonyl (C=O) groups is 1. The number of piperazine rings is 1. The zero-order valence-corrected chi connectivity index (χ0v) is 19.8. The average molecular weight is 438 g/mol. The lowest BCUT2D eigenvalue weighted by Crippen LogP contribution is -2.46. The molecule has 2 aromatic rings. The molecule has 32 heavy (non-hydrogen) atoms. The first-order chi connectivity index (χ1) is 15.3. The number of carbonyl (C=O) groups excluding carboxylic acids is 1. The number of urea groups is 1. The highest BCUT2D eigenvalue weighted by molar-refractivity contribution is 5.94. The number of hydrazine groups is 1. The van der Waals surface area contributed by atoms with Crippen molar-refractivity contribution in [3.8, 4) is 5.75 Å². The summed E-state index contributed by atoms with van der Waals surface area (Å²) in [5.74, 6) is 0.390. The monoisotopic (exact) mass is 437 g/mol. The molecule has 0 aliphatic carbocycles. The van der Waals surface area contributed by atoms with E-state index in [4.69, 9.17) is 0 Å². The fourth-order valence-corrected chi connectivity index (χ4v) is 4.59. The van der Waals surface area contributed by atoms with Crippen LogP contribution in [0.2, 0.25) is 0 Å². The second-order valence-corrected chi connectivity index (χ2v) is 9.00. The van der Waals surface area contributed by atoms with Gasteiger partial charge in [-0.2, -0.15) is 0 Å². The molecule has 2 aliphatic heterocycles. The number of anilines is 3. The number of phenolic OH excluding ortho intramolecular Hbond substituents is 1. The van der Waals surface area contributed by atoms with Crippen LogP contribution in [-0.2, 0) is 0 Å². The Labute approximate surface area is 191 Å². The van der Waals surface area contributed by atoms with Gasteiger partial charge >= 0.3 is 6.03 Å². The number of rotatable bonds is 5. The van der Waals surface area contributed by atoms with Crippen LogP contribution >= 0.6 is 0 Å². The van der Waals surface area contributed by atoms with Gasteiger partial charge in [-0.15, -0.1) is 0 Å². The Bertz CT molecular complexity index is 946. The largest absolute Gasteiger partial charge is 0.507 e. The normalized spacial score (nSPS) is 20.3. The Morgan fingerprint density at radius 1 is 0.969 bits per heavy atom. The van der Waals surface area contributed by atoms with Crippen LogP contribution in [-0.4, -0.2) is 54.5 Å². The minimum atomic E-state index is -0.0666. The van der Waals surface area contributed by atoms with Gasteiger partial charge in [-0.3, -0.25) is 9.91 Å². The molecule has 0 saturated carbocycles. The third kappa shape index (κ3) is 4.09. The van der Waals surface area contributed by atoms with Gasteiger partial charge in [-0.05, 0) is 81.6 Å². The van der Waals surface area contributed by atoms with Crippen LogP contribution in [0, 0.1) is 13.8 Å². The number of nitrogens with one attached hydrogen (secondary N) is 1. The van der Waals surface area contributed by atoms with Crippen molar-refractivity contribution in [2.75, 3.05) is 40.9 Å². The van der Waals surface area contributed by atoms with Crippen LogP contribution < -0.4 is 20.1 Å². The summed E-state index contributed by atoms with van der Waals surface area (Å²) >= 11 is 0. The third-order valence-corrected chi connectivity index (χ3v) is 6.77. The smallest absolute Gasteiger partial charge is 0.340 e. The zero-order valence-electron chi connectivity index (χ0n) is 19.8. The molecule has 172 valence electrons. The van der Waals surface area contributed by atoms with Crippen molar-refractivity contribution in [2.45, 2.75) is 53.2 Å². The van der Waals surface area contributed by atoms with Gasteiger partial charge in [0.2, 0.25) is 0 Å². The molecule has 0 radical (unpaired) electrons. The first-order valence-electron chi connectivity index (χ1n) is 11.6. The van der Waals surface area contributed by atoms with Crippen LogP contribution in [0.5, 0.6) is 5.75 Å². The van der Waals surface area contributed by atoms with E-state index in [2.05, 4.69) is 53.3 Å². The minimum Gasteiger partial charge on any atom is -0.507 e. The molecule has 4 rings (SSSR count). The standard InChI is InChI=1S/C25H35N5O2/c1-6-19(4)30-25(32)29(20(5)26-30)22-9-7-21(8-10-22)27-11-13-28(14-12-27)23-15-17(2)24(31)18(3)16-23/h7-10,15-16,19-20,26,31H,6,11-14H2,1-5H3. The van der Waals surface area contributed by atoms with Gasteiger partial charge in [-0.1, -0.05) is 6.92 Å². The Hall–Kier alpha value is -2.93. The number of hydrogen-bond donors (Lipinski definition) is 2. The summed E-state index contributed by atoms with van der Waals surface area (Å²) in [4.78, 5) is 19.5. The third-order valence-electron chi connectivity index (χ3n) is 6.77. The van der Waals surface area contributed by atoms with E-state index in [9.17, 15) is 9.90 Å². The van der Waals surface area contributed by atoms with Gasteiger partial charge in [0.15, 0.2) is 0 Å². The number of nitrogens with zero attached hydrogens (tertiary/aromatic N) is 4. The van der Waals surface area contributed by atoms with Crippen LogP contribution in [0.3, 0.4) is 0 Å². The van der Waals surface area contributed by atoms with Crippen molar-refractivity contribution >= 4 is 23.1 Å². The molecule has 7 heteroatoms. The quantitative estimate of drug-likeness (QED) is 0.733. The molecule has 2 atom stereocenters. The summed E-state index contributed by atoms with van der Waals surface area (Å²) in [5.41, 5.74) is 8.40. The van der Waals surface area contributed by atoms with E-state index in [0.717, 1.165) is 49.4 Å². The summed E-state index contributed by atoms with van der Waals surface area (Å²) < 4.78 is 0.